The average molecular weight is 427 g/mol. The van der Waals surface area contributed by atoms with Crippen LogP contribution in [0, 0.1) is 0 Å². The lowest BCUT2D eigenvalue weighted by molar-refractivity contribution is -0.150. The molecule has 4 N–H and O–H groups in total. The van der Waals surface area contributed by atoms with Gasteiger partial charge in [0.05, 0.1) is 11.7 Å². The van der Waals surface area contributed by atoms with Gasteiger partial charge in [-0.3, -0.25) is 5.43 Å². The highest BCUT2D eigenvalue weighted by Gasteiger charge is 2.37. The Morgan fingerprint density at radius 3 is 2.57 bits per heavy atom. The van der Waals surface area contributed by atoms with Crippen molar-refractivity contribution in [2.75, 3.05) is 0 Å². The monoisotopic (exact) mass is 427 g/mol. The Morgan fingerprint density at radius 2 is 1.90 bits per heavy atom. The highest BCUT2D eigenvalue weighted by Crippen LogP contribution is 2.29. The van der Waals surface area contributed by atoms with Gasteiger partial charge in [0.25, 0.3) is 0 Å². The third-order valence-electron chi connectivity index (χ3n) is 4.96. The van der Waals surface area contributed by atoms with Crippen LogP contribution in [0.25, 0.3) is 0 Å². The van der Waals surface area contributed by atoms with Crippen molar-refractivity contribution in [3.63, 3.8) is 0 Å². The van der Waals surface area contributed by atoms with E-state index in [0.717, 1.165) is 17.6 Å². The molecule has 10 heteroatoms. The standard InChI is InChI=1S/C20H25F4N5O/c1-12(14-7-4-3-5-8-14)25-17-11-18(26-13(2)20(22,23)24)28-29(27-17)15-9-6-10-16(30)19(15)21/h3-5,7-8,11-13,16,26,28,30H,6,9-10H2,1-2H3,(H,25,27). The van der Waals surface area contributed by atoms with E-state index in [-0.39, 0.29) is 29.8 Å². The predicted octanol–water partition coefficient (Wildman–Crippen LogP) is 3.58. The smallest absolute Gasteiger partial charge is 0.386 e. The fraction of sp³-hybridized carbons (Fsp3) is 0.450. The van der Waals surface area contributed by atoms with Gasteiger partial charge in [0.1, 0.15) is 18.0 Å². The highest BCUT2D eigenvalue weighted by molar-refractivity contribution is 5.94. The first-order chi connectivity index (χ1) is 14.1. The van der Waals surface area contributed by atoms with Crippen molar-refractivity contribution in [1.29, 1.82) is 0 Å². The van der Waals surface area contributed by atoms with E-state index < -0.39 is 24.1 Å². The maximum Gasteiger partial charge on any atom is 0.408 e. The highest BCUT2D eigenvalue weighted by atomic mass is 19.4. The molecule has 1 aliphatic heterocycles. The van der Waals surface area contributed by atoms with E-state index in [9.17, 15) is 22.7 Å². The summed E-state index contributed by atoms with van der Waals surface area (Å²) in [5.74, 6) is -0.474. The Morgan fingerprint density at radius 1 is 1.20 bits per heavy atom. The molecule has 0 saturated carbocycles. The predicted molar refractivity (Wildman–Crippen MR) is 105 cm³/mol. The molecule has 0 fully saturated rings. The fourth-order valence-electron chi connectivity index (χ4n) is 3.19. The summed E-state index contributed by atoms with van der Waals surface area (Å²) in [5.41, 5.74) is 3.71. The Kier molecular flexibility index (Phi) is 6.55. The summed E-state index contributed by atoms with van der Waals surface area (Å²) in [7, 11) is 0. The molecule has 3 atom stereocenters. The first kappa shape index (κ1) is 21.9. The Hall–Kier alpha value is -2.75. The number of benzene rings is 1. The van der Waals surface area contributed by atoms with Gasteiger partial charge in [-0.05, 0) is 38.7 Å². The van der Waals surface area contributed by atoms with Crippen molar-refractivity contribution in [2.45, 2.75) is 57.5 Å². The first-order valence-electron chi connectivity index (χ1n) is 9.73. The van der Waals surface area contributed by atoms with Crippen LogP contribution >= 0.6 is 0 Å². The van der Waals surface area contributed by atoms with Gasteiger partial charge in [0.2, 0.25) is 0 Å². The molecule has 0 aromatic heterocycles. The zero-order valence-corrected chi connectivity index (χ0v) is 16.7. The molecular formula is C20H25F4N5O. The van der Waals surface area contributed by atoms with E-state index >= 15 is 0 Å². The number of amidine groups is 1. The second-order valence-electron chi connectivity index (χ2n) is 7.35. The number of aliphatic hydroxyl groups excluding tert-OH is 1. The summed E-state index contributed by atoms with van der Waals surface area (Å²) in [6.45, 7) is 2.87. The molecule has 1 aromatic carbocycles. The Labute approximate surface area is 172 Å². The molecule has 0 saturated heterocycles. The molecule has 1 aromatic rings. The van der Waals surface area contributed by atoms with E-state index in [1.165, 1.54) is 6.08 Å². The van der Waals surface area contributed by atoms with E-state index in [0.29, 0.717) is 12.8 Å². The summed E-state index contributed by atoms with van der Waals surface area (Å²) >= 11 is 0. The molecule has 164 valence electrons. The van der Waals surface area contributed by atoms with Crippen LogP contribution < -0.4 is 16.1 Å². The number of nitrogens with one attached hydrogen (secondary N) is 3. The molecule has 1 aliphatic carbocycles. The summed E-state index contributed by atoms with van der Waals surface area (Å²) in [6, 6.07) is 7.42. The van der Waals surface area contributed by atoms with Crippen LogP contribution in [0.15, 0.2) is 58.9 Å². The minimum absolute atomic E-state index is 0.0120. The van der Waals surface area contributed by atoms with Crippen molar-refractivity contribution in [2.24, 2.45) is 5.10 Å². The molecule has 1 heterocycles. The van der Waals surface area contributed by atoms with Crippen LogP contribution in [0.1, 0.15) is 44.7 Å². The molecule has 0 radical (unpaired) electrons. The van der Waals surface area contributed by atoms with Crippen molar-refractivity contribution < 1.29 is 22.7 Å². The van der Waals surface area contributed by atoms with Gasteiger partial charge in [-0.15, -0.1) is 5.10 Å². The third kappa shape index (κ3) is 5.24. The second-order valence-corrected chi connectivity index (χ2v) is 7.35. The number of hydrazine groups is 1. The van der Waals surface area contributed by atoms with Crippen LogP contribution in [0.5, 0.6) is 0 Å². The number of alkyl halides is 3. The second kappa shape index (κ2) is 8.95. The maximum absolute atomic E-state index is 14.5. The summed E-state index contributed by atoms with van der Waals surface area (Å²) < 4.78 is 53.6. The van der Waals surface area contributed by atoms with Gasteiger partial charge in [-0.1, -0.05) is 30.3 Å². The van der Waals surface area contributed by atoms with E-state index in [2.05, 4.69) is 21.2 Å². The summed E-state index contributed by atoms with van der Waals surface area (Å²) in [6.07, 6.45) is -3.19. The number of hydrazone groups is 1. The molecule has 3 unspecified atom stereocenters. The van der Waals surface area contributed by atoms with Crippen molar-refractivity contribution >= 4 is 5.84 Å². The number of allylic oxidation sites excluding steroid dienone is 1. The fourth-order valence-corrected chi connectivity index (χ4v) is 3.19. The normalized spacial score (nSPS) is 22.0. The Balaban J connectivity index is 1.87. The van der Waals surface area contributed by atoms with Crippen molar-refractivity contribution in [3.8, 4) is 0 Å². The number of aliphatic hydroxyl groups is 1. The molecule has 2 aliphatic rings. The molecular weight excluding hydrogens is 402 g/mol. The number of rotatable bonds is 5. The van der Waals surface area contributed by atoms with Crippen molar-refractivity contribution in [1.82, 2.24) is 21.2 Å². The van der Waals surface area contributed by atoms with E-state index in [4.69, 9.17) is 0 Å². The molecule has 30 heavy (non-hydrogen) atoms. The van der Waals surface area contributed by atoms with Gasteiger partial charge < -0.3 is 15.7 Å². The Bertz CT molecular complexity index is 837. The van der Waals surface area contributed by atoms with E-state index in [1.807, 2.05) is 37.3 Å². The van der Waals surface area contributed by atoms with Gasteiger partial charge in [0.15, 0.2) is 11.7 Å². The lowest BCUT2D eigenvalue weighted by Gasteiger charge is -2.34. The van der Waals surface area contributed by atoms with Gasteiger partial charge in [-0.25, -0.2) is 4.39 Å². The van der Waals surface area contributed by atoms with Crippen molar-refractivity contribution in [3.05, 3.63) is 59.3 Å². The van der Waals surface area contributed by atoms with Gasteiger partial charge >= 0.3 is 6.18 Å². The topological polar surface area (TPSA) is 71.9 Å². The molecule has 0 amide bonds. The molecule has 3 rings (SSSR count). The number of nitrogens with zero attached hydrogens (tertiary/aromatic N) is 2. The number of halogens is 4. The first-order valence-corrected chi connectivity index (χ1v) is 9.73. The summed E-state index contributed by atoms with van der Waals surface area (Å²) in [5, 5.41) is 20.7. The third-order valence-corrected chi connectivity index (χ3v) is 4.96. The van der Waals surface area contributed by atoms with Gasteiger partial charge in [0, 0.05) is 6.08 Å². The molecule has 0 bridgehead atoms. The molecule has 0 spiro atoms. The van der Waals surface area contributed by atoms with Crippen LogP contribution in [-0.2, 0) is 0 Å². The maximum atomic E-state index is 14.5. The molecule has 6 nitrogen and oxygen atoms in total. The zero-order chi connectivity index (χ0) is 21.9. The summed E-state index contributed by atoms with van der Waals surface area (Å²) in [4.78, 5) is 0. The largest absolute Gasteiger partial charge is 0.408 e. The lowest BCUT2D eigenvalue weighted by atomic mass is 10.0. The minimum Gasteiger partial charge on any atom is -0.386 e. The zero-order valence-electron chi connectivity index (χ0n) is 16.7. The quantitative estimate of drug-likeness (QED) is 0.541. The van der Waals surface area contributed by atoms with E-state index in [1.54, 1.807) is 0 Å². The minimum atomic E-state index is -4.46. The SMILES string of the molecule is CC(NC1=NN(C2=C(F)C(O)CCC2)NC(NC(C)C(F)(F)F)=C1)c1ccccc1. The van der Waals surface area contributed by atoms with Crippen LogP contribution in [-0.4, -0.2) is 34.4 Å². The van der Waals surface area contributed by atoms with Gasteiger partial charge in [-0.2, -0.15) is 18.3 Å². The number of hydrogen-bond acceptors (Lipinski definition) is 6. The van der Waals surface area contributed by atoms with Crippen LogP contribution in [0.3, 0.4) is 0 Å². The van der Waals surface area contributed by atoms with Crippen LogP contribution in [0.4, 0.5) is 17.6 Å². The average Bonchev–Trinajstić information content (AvgIpc) is 2.69. The number of hydrogen-bond donors (Lipinski definition) is 4. The van der Waals surface area contributed by atoms with Crippen LogP contribution in [0.2, 0.25) is 0 Å². The lowest BCUT2D eigenvalue weighted by Crippen LogP contribution is -2.49.